The molecule has 0 radical (unpaired) electrons. The van der Waals surface area contributed by atoms with Crippen molar-refractivity contribution in [3.63, 3.8) is 0 Å². The van der Waals surface area contributed by atoms with Crippen molar-refractivity contribution >= 4 is 16.6 Å². The maximum absolute atomic E-state index is 13.1. The van der Waals surface area contributed by atoms with E-state index in [0.29, 0.717) is 6.07 Å². The van der Waals surface area contributed by atoms with Gasteiger partial charge in [-0.15, -0.1) is 0 Å². The van der Waals surface area contributed by atoms with Gasteiger partial charge in [0.1, 0.15) is 17.4 Å². The van der Waals surface area contributed by atoms with Crippen LogP contribution in [-0.4, -0.2) is 15.7 Å². The van der Waals surface area contributed by atoms with Crippen LogP contribution in [0.5, 0.6) is 0 Å². The molecule has 1 aromatic rings. The monoisotopic (exact) mass is 232 g/mol. The summed E-state index contributed by atoms with van der Waals surface area (Å²) in [6.45, 7) is 1.37. The highest BCUT2D eigenvalue weighted by Gasteiger charge is 2.11. The van der Waals surface area contributed by atoms with Crippen LogP contribution < -0.4 is 0 Å². The maximum atomic E-state index is 13.1. The molecule has 0 aliphatic rings. The third-order valence-electron chi connectivity index (χ3n) is 1.78. The average Bonchev–Trinajstić information content (AvgIpc) is 2.14. The molecule has 0 spiro atoms. The van der Waals surface area contributed by atoms with Crippen LogP contribution in [0.1, 0.15) is 13.3 Å². The summed E-state index contributed by atoms with van der Waals surface area (Å²) in [6, 6.07) is 2.87. The van der Waals surface area contributed by atoms with E-state index in [2.05, 4.69) is 0 Å². The molecule has 0 saturated carbocycles. The molecule has 0 aromatic heterocycles. The number of carbonyl (C=O) groups excluding carboxylic acids is 1. The summed E-state index contributed by atoms with van der Waals surface area (Å²) in [5.41, 5.74) is 0. The van der Waals surface area contributed by atoms with Gasteiger partial charge in [0.2, 0.25) is 0 Å². The highest BCUT2D eigenvalue weighted by atomic mass is 32.2. The molecule has 0 fully saturated rings. The molecular formula is C10H10F2O2S. The lowest BCUT2D eigenvalue weighted by Gasteiger charge is -2.02. The topological polar surface area (TPSA) is 34.1 Å². The first-order valence-corrected chi connectivity index (χ1v) is 5.65. The van der Waals surface area contributed by atoms with Crippen molar-refractivity contribution in [1.29, 1.82) is 0 Å². The van der Waals surface area contributed by atoms with E-state index in [1.807, 2.05) is 0 Å². The van der Waals surface area contributed by atoms with Crippen molar-refractivity contribution < 1.29 is 17.8 Å². The molecular weight excluding hydrogens is 222 g/mol. The highest BCUT2D eigenvalue weighted by Crippen LogP contribution is 2.14. The predicted molar refractivity (Wildman–Crippen MR) is 52.9 cm³/mol. The first-order chi connectivity index (χ1) is 7.00. The minimum absolute atomic E-state index is 0.0577. The summed E-state index contributed by atoms with van der Waals surface area (Å²) < 4.78 is 37.1. The molecule has 0 bridgehead atoms. The molecule has 82 valence electrons. The van der Waals surface area contributed by atoms with Crippen molar-refractivity contribution in [2.24, 2.45) is 0 Å². The first kappa shape index (κ1) is 12.0. The molecule has 0 saturated heterocycles. The molecule has 1 rings (SSSR count). The fourth-order valence-electron chi connectivity index (χ4n) is 1.01. The number of carbonyl (C=O) groups is 1. The Hall–Kier alpha value is -1.10. The lowest BCUT2D eigenvalue weighted by molar-refractivity contribution is -0.116. The van der Waals surface area contributed by atoms with Gasteiger partial charge in [-0.05, 0) is 19.1 Å². The van der Waals surface area contributed by atoms with Gasteiger partial charge in [-0.3, -0.25) is 9.00 Å². The fraction of sp³-hybridized carbons (Fsp3) is 0.300. The van der Waals surface area contributed by atoms with Crippen LogP contribution in [0.25, 0.3) is 0 Å². The maximum Gasteiger partial charge on any atom is 0.142 e. The molecule has 0 heterocycles. The van der Waals surface area contributed by atoms with Crippen LogP contribution in [0.3, 0.4) is 0 Å². The predicted octanol–water partition coefficient (Wildman–Crippen LogP) is 2.05. The summed E-state index contributed by atoms with van der Waals surface area (Å²) in [5, 5.41) is 0. The van der Waals surface area contributed by atoms with Gasteiger partial charge in [0, 0.05) is 18.2 Å². The Labute approximate surface area is 88.8 Å². The summed E-state index contributed by atoms with van der Waals surface area (Å²) in [7, 11) is -1.59. The van der Waals surface area contributed by atoms with Crippen molar-refractivity contribution in [3.05, 3.63) is 29.8 Å². The molecule has 15 heavy (non-hydrogen) atoms. The molecule has 0 aliphatic carbocycles. The minimum Gasteiger partial charge on any atom is -0.300 e. The minimum atomic E-state index is -1.59. The third kappa shape index (κ3) is 3.51. The second-order valence-electron chi connectivity index (χ2n) is 3.08. The van der Waals surface area contributed by atoms with Gasteiger partial charge in [-0.2, -0.15) is 0 Å². The number of hydrogen-bond donors (Lipinski definition) is 0. The van der Waals surface area contributed by atoms with E-state index in [1.165, 1.54) is 6.92 Å². The van der Waals surface area contributed by atoms with Gasteiger partial charge in [0.05, 0.1) is 15.7 Å². The molecule has 1 aromatic carbocycles. The fourth-order valence-corrected chi connectivity index (χ4v) is 2.20. The van der Waals surface area contributed by atoms with Gasteiger partial charge < -0.3 is 0 Å². The lowest BCUT2D eigenvalue weighted by atomic mass is 10.3. The number of benzene rings is 1. The Balaban J connectivity index is 2.78. The average molecular weight is 232 g/mol. The smallest absolute Gasteiger partial charge is 0.142 e. The quantitative estimate of drug-likeness (QED) is 0.796. The SMILES string of the molecule is CC(=O)CCS(=O)c1ccc(F)cc1F. The second kappa shape index (κ2) is 5.11. The van der Waals surface area contributed by atoms with Crippen LogP contribution in [0.15, 0.2) is 23.1 Å². The van der Waals surface area contributed by atoms with Crippen LogP contribution in [0.2, 0.25) is 0 Å². The van der Waals surface area contributed by atoms with Gasteiger partial charge in [0.15, 0.2) is 0 Å². The van der Waals surface area contributed by atoms with E-state index < -0.39 is 22.4 Å². The number of Topliss-reactive ketones (excluding diaryl/α,β-unsaturated/α-hetero) is 1. The Morgan fingerprint density at radius 3 is 2.60 bits per heavy atom. The summed E-state index contributed by atoms with van der Waals surface area (Å²) in [5.74, 6) is -1.58. The van der Waals surface area contributed by atoms with Crippen LogP contribution in [0, 0.1) is 11.6 Å². The summed E-state index contributed by atoms with van der Waals surface area (Å²) >= 11 is 0. The standard InChI is InChI=1S/C10H10F2O2S/c1-7(13)4-5-15(14)10-3-2-8(11)6-9(10)12/h2-3,6H,4-5H2,1H3. The highest BCUT2D eigenvalue weighted by molar-refractivity contribution is 7.85. The van der Waals surface area contributed by atoms with Crippen molar-refractivity contribution in [2.75, 3.05) is 5.75 Å². The van der Waals surface area contributed by atoms with E-state index in [9.17, 15) is 17.8 Å². The van der Waals surface area contributed by atoms with Gasteiger partial charge in [0.25, 0.3) is 0 Å². The van der Waals surface area contributed by atoms with Gasteiger partial charge >= 0.3 is 0 Å². The largest absolute Gasteiger partial charge is 0.300 e. The first-order valence-electron chi connectivity index (χ1n) is 4.33. The zero-order valence-corrected chi connectivity index (χ0v) is 8.94. The molecule has 0 N–H and O–H groups in total. The Kier molecular flexibility index (Phi) is 4.08. The van der Waals surface area contributed by atoms with Gasteiger partial charge in [-0.1, -0.05) is 0 Å². The Bertz CT molecular complexity index is 404. The van der Waals surface area contributed by atoms with Crippen LogP contribution in [-0.2, 0) is 15.6 Å². The number of hydrogen-bond acceptors (Lipinski definition) is 2. The Morgan fingerprint density at radius 1 is 1.40 bits per heavy atom. The third-order valence-corrected chi connectivity index (χ3v) is 3.18. The van der Waals surface area contributed by atoms with Crippen LogP contribution >= 0.6 is 0 Å². The van der Waals surface area contributed by atoms with E-state index in [0.717, 1.165) is 12.1 Å². The molecule has 5 heteroatoms. The number of ketones is 1. The Morgan fingerprint density at radius 2 is 2.07 bits per heavy atom. The zero-order chi connectivity index (χ0) is 11.4. The molecule has 2 nitrogen and oxygen atoms in total. The molecule has 1 unspecified atom stereocenters. The van der Waals surface area contributed by atoms with Gasteiger partial charge in [-0.25, -0.2) is 8.78 Å². The van der Waals surface area contributed by atoms with Crippen molar-refractivity contribution in [2.45, 2.75) is 18.2 Å². The molecule has 1 atom stereocenters. The van der Waals surface area contributed by atoms with E-state index in [1.54, 1.807) is 0 Å². The number of rotatable bonds is 4. The van der Waals surface area contributed by atoms with E-state index >= 15 is 0 Å². The lowest BCUT2D eigenvalue weighted by Crippen LogP contribution is -2.04. The normalized spacial score (nSPS) is 12.5. The molecule has 0 amide bonds. The number of halogens is 2. The van der Waals surface area contributed by atoms with Crippen molar-refractivity contribution in [3.8, 4) is 0 Å². The summed E-state index contributed by atoms with van der Waals surface area (Å²) in [6.07, 6.45) is 0.128. The molecule has 0 aliphatic heterocycles. The summed E-state index contributed by atoms with van der Waals surface area (Å²) in [4.78, 5) is 10.6. The van der Waals surface area contributed by atoms with Crippen LogP contribution in [0.4, 0.5) is 8.78 Å². The van der Waals surface area contributed by atoms with E-state index in [-0.39, 0.29) is 22.9 Å². The van der Waals surface area contributed by atoms with E-state index in [4.69, 9.17) is 0 Å². The van der Waals surface area contributed by atoms with Crippen molar-refractivity contribution in [1.82, 2.24) is 0 Å². The zero-order valence-electron chi connectivity index (χ0n) is 8.13. The second-order valence-corrected chi connectivity index (χ2v) is 4.62.